The summed E-state index contributed by atoms with van der Waals surface area (Å²) in [5.41, 5.74) is 6.40. The van der Waals surface area contributed by atoms with Gasteiger partial charge in [-0.1, -0.05) is 0 Å². The number of carboxylic acid groups (broad SMARTS) is 1. The predicted octanol–water partition coefficient (Wildman–Crippen LogP) is 0.964. The number of carboxylic acids is 1. The van der Waals surface area contributed by atoms with Crippen molar-refractivity contribution in [3.05, 3.63) is 11.9 Å². The lowest BCUT2D eigenvalue weighted by atomic mass is 10.3. The predicted molar refractivity (Wildman–Crippen MR) is 53.4 cm³/mol. The molecule has 1 heterocycles. The van der Waals surface area contributed by atoms with Gasteiger partial charge in [0.25, 0.3) is 0 Å². The summed E-state index contributed by atoms with van der Waals surface area (Å²) in [6.45, 7) is 0.817. The summed E-state index contributed by atoms with van der Waals surface area (Å²) in [6.07, 6.45) is 5.56. The van der Waals surface area contributed by atoms with Gasteiger partial charge in [0.05, 0.1) is 5.69 Å². The lowest BCUT2D eigenvalue weighted by molar-refractivity contribution is 0.0690. The molecule has 1 aromatic rings. The molecular formula is C10H13N3O2. The highest BCUT2D eigenvalue weighted by Gasteiger charge is 2.62. The van der Waals surface area contributed by atoms with Crippen molar-refractivity contribution >= 4 is 11.7 Å². The molecular weight excluding hydrogens is 194 g/mol. The van der Waals surface area contributed by atoms with E-state index in [1.807, 2.05) is 0 Å². The Bertz CT molecular complexity index is 434. The van der Waals surface area contributed by atoms with Crippen molar-refractivity contribution < 1.29 is 9.90 Å². The largest absolute Gasteiger partial charge is 0.476 e. The molecule has 0 aromatic carbocycles. The number of hydrogen-bond acceptors (Lipinski definition) is 3. The first-order valence-corrected chi connectivity index (χ1v) is 5.17. The molecule has 0 radical (unpaired) electrons. The van der Waals surface area contributed by atoms with Crippen LogP contribution in [0.3, 0.4) is 0 Å². The molecule has 1 atom stereocenters. The van der Waals surface area contributed by atoms with E-state index in [-0.39, 0.29) is 11.4 Å². The van der Waals surface area contributed by atoms with E-state index < -0.39 is 5.97 Å². The number of nitrogens with zero attached hydrogens (tertiary/aromatic N) is 2. The van der Waals surface area contributed by atoms with Crippen molar-refractivity contribution in [3.63, 3.8) is 0 Å². The van der Waals surface area contributed by atoms with Crippen LogP contribution in [0.1, 0.15) is 29.8 Å². The fraction of sp³-hybridized carbons (Fsp3) is 0.600. The zero-order chi connectivity index (χ0) is 10.6. The molecule has 0 amide bonds. The molecule has 2 aliphatic rings. The summed E-state index contributed by atoms with van der Waals surface area (Å²) in [7, 11) is 0. The minimum atomic E-state index is -1.05. The lowest BCUT2D eigenvalue weighted by Gasteiger charge is -1.98. The molecule has 0 bridgehead atoms. The first kappa shape index (κ1) is 8.76. The number of aromatic carboxylic acids is 1. The Morgan fingerprint density at radius 3 is 2.93 bits per heavy atom. The topological polar surface area (TPSA) is 81.1 Å². The molecule has 2 saturated carbocycles. The molecule has 5 nitrogen and oxygen atoms in total. The van der Waals surface area contributed by atoms with E-state index in [1.165, 1.54) is 19.3 Å². The SMILES string of the molecule is Nc1cn(CC2CC23CC3)nc1C(=O)O. The Labute approximate surface area is 86.9 Å². The first-order chi connectivity index (χ1) is 7.11. The second kappa shape index (κ2) is 2.53. The maximum absolute atomic E-state index is 10.7. The van der Waals surface area contributed by atoms with Crippen molar-refractivity contribution in [3.8, 4) is 0 Å². The molecule has 3 rings (SSSR count). The molecule has 0 aliphatic heterocycles. The van der Waals surface area contributed by atoms with Gasteiger partial charge in [-0.15, -0.1) is 0 Å². The Morgan fingerprint density at radius 2 is 2.47 bits per heavy atom. The molecule has 0 saturated heterocycles. The van der Waals surface area contributed by atoms with Gasteiger partial charge in [0, 0.05) is 12.7 Å². The smallest absolute Gasteiger partial charge is 0.358 e. The van der Waals surface area contributed by atoms with Crippen LogP contribution in [0.5, 0.6) is 0 Å². The summed E-state index contributed by atoms with van der Waals surface area (Å²) >= 11 is 0. The second-order valence-electron chi connectivity index (χ2n) is 4.72. The fourth-order valence-electron chi connectivity index (χ4n) is 2.39. The highest BCUT2D eigenvalue weighted by atomic mass is 16.4. The zero-order valence-corrected chi connectivity index (χ0v) is 8.31. The maximum atomic E-state index is 10.7. The summed E-state index contributed by atoms with van der Waals surface area (Å²) < 4.78 is 1.68. The van der Waals surface area contributed by atoms with E-state index in [1.54, 1.807) is 10.9 Å². The molecule has 1 aromatic heterocycles. The molecule has 2 aliphatic carbocycles. The number of nitrogen functional groups attached to an aromatic ring is 1. The van der Waals surface area contributed by atoms with Crippen LogP contribution in [-0.2, 0) is 6.54 Å². The maximum Gasteiger partial charge on any atom is 0.358 e. The third-order valence-corrected chi connectivity index (χ3v) is 3.65. The van der Waals surface area contributed by atoms with Gasteiger partial charge in [-0.3, -0.25) is 4.68 Å². The summed E-state index contributed by atoms with van der Waals surface area (Å²) in [6, 6.07) is 0. The normalized spacial score (nSPS) is 25.5. The quantitative estimate of drug-likeness (QED) is 0.773. The third kappa shape index (κ3) is 1.30. The average molecular weight is 207 g/mol. The van der Waals surface area contributed by atoms with Gasteiger partial charge in [0.15, 0.2) is 5.69 Å². The molecule has 1 unspecified atom stereocenters. The standard InChI is InChI=1S/C10H13N3O2/c11-7-5-13(12-8(7)9(14)15)4-6-3-10(6)1-2-10/h5-6H,1-4,11H2,(H,14,15). The van der Waals surface area contributed by atoms with Crippen LogP contribution in [-0.4, -0.2) is 20.9 Å². The minimum absolute atomic E-state index is 0.0273. The Balaban J connectivity index is 1.75. The highest BCUT2D eigenvalue weighted by Crippen LogP contribution is 2.70. The lowest BCUT2D eigenvalue weighted by Crippen LogP contribution is -2.05. The summed E-state index contributed by atoms with van der Waals surface area (Å²) in [5.74, 6) is -0.360. The summed E-state index contributed by atoms with van der Waals surface area (Å²) in [5, 5.41) is 12.8. The van der Waals surface area contributed by atoms with Crippen molar-refractivity contribution in [1.82, 2.24) is 9.78 Å². The molecule has 2 fully saturated rings. The van der Waals surface area contributed by atoms with Gasteiger partial charge in [-0.05, 0) is 30.6 Å². The van der Waals surface area contributed by atoms with E-state index in [9.17, 15) is 4.79 Å². The van der Waals surface area contributed by atoms with Crippen LogP contribution in [0, 0.1) is 11.3 Å². The molecule has 3 N–H and O–H groups in total. The van der Waals surface area contributed by atoms with E-state index >= 15 is 0 Å². The minimum Gasteiger partial charge on any atom is -0.476 e. The zero-order valence-electron chi connectivity index (χ0n) is 8.31. The number of aromatic nitrogens is 2. The van der Waals surface area contributed by atoms with Crippen LogP contribution >= 0.6 is 0 Å². The first-order valence-electron chi connectivity index (χ1n) is 5.17. The van der Waals surface area contributed by atoms with Crippen LogP contribution in [0.25, 0.3) is 0 Å². The Hall–Kier alpha value is -1.52. The van der Waals surface area contributed by atoms with Gasteiger partial charge in [-0.2, -0.15) is 5.10 Å². The van der Waals surface area contributed by atoms with Crippen LogP contribution in [0.2, 0.25) is 0 Å². The molecule has 5 heteroatoms. The highest BCUT2D eigenvalue weighted by molar-refractivity contribution is 5.91. The molecule has 80 valence electrons. The van der Waals surface area contributed by atoms with Crippen molar-refractivity contribution in [1.29, 1.82) is 0 Å². The number of rotatable bonds is 3. The van der Waals surface area contributed by atoms with Crippen molar-refractivity contribution in [2.75, 3.05) is 5.73 Å². The van der Waals surface area contributed by atoms with E-state index in [4.69, 9.17) is 10.8 Å². The monoisotopic (exact) mass is 207 g/mol. The molecule has 1 spiro atoms. The van der Waals surface area contributed by atoms with Crippen LogP contribution in [0.4, 0.5) is 5.69 Å². The number of carbonyl (C=O) groups is 1. The fourth-order valence-corrected chi connectivity index (χ4v) is 2.39. The number of hydrogen-bond donors (Lipinski definition) is 2. The summed E-state index contributed by atoms with van der Waals surface area (Å²) in [4.78, 5) is 10.7. The van der Waals surface area contributed by atoms with E-state index in [0.29, 0.717) is 11.3 Å². The Kier molecular flexibility index (Phi) is 1.48. The van der Waals surface area contributed by atoms with Gasteiger partial charge in [0.1, 0.15) is 0 Å². The molecule has 15 heavy (non-hydrogen) atoms. The van der Waals surface area contributed by atoms with Crippen LogP contribution in [0.15, 0.2) is 6.20 Å². The van der Waals surface area contributed by atoms with Gasteiger partial charge >= 0.3 is 5.97 Å². The van der Waals surface area contributed by atoms with Crippen molar-refractivity contribution in [2.45, 2.75) is 25.8 Å². The number of nitrogens with two attached hydrogens (primary N) is 1. The van der Waals surface area contributed by atoms with Gasteiger partial charge in [-0.25, -0.2) is 4.79 Å². The average Bonchev–Trinajstić information content (AvgIpc) is 3.02. The second-order valence-corrected chi connectivity index (χ2v) is 4.72. The van der Waals surface area contributed by atoms with E-state index in [2.05, 4.69) is 5.10 Å². The van der Waals surface area contributed by atoms with Gasteiger partial charge < -0.3 is 10.8 Å². The Morgan fingerprint density at radius 1 is 1.73 bits per heavy atom. The van der Waals surface area contributed by atoms with Crippen molar-refractivity contribution in [2.24, 2.45) is 11.3 Å². The third-order valence-electron chi connectivity index (χ3n) is 3.65. The number of anilines is 1. The van der Waals surface area contributed by atoms with E-state index in [0.717, 1.165) is 6.54 Å². The van der Waals surface area contributed by atoms with Crippen LogP contribution < -0.4 is 5.73 Å². The van der Waals surface area contributed by atoms with Gasteiger partial charge in [0.2, 0.25) is 0 Å².